The first-order valence-corrected chi connectivity index (χ1v) is 3.34. The quantitative estimate of drug-likeness (QED) is 0.301. The summed E-state index contributed by atoms with van der Waals surface area (Å²) < 4.78 is 0. The zero-order chi connectivity index (χ0) is 9.72. The van der Waals surface area contributed by atoms with Gasteiger partial charge in [-0.1, -0.05) is 0 Å². The van der Waals surface area contributed by atoms with Gasteiger partial charge in [0.25, 0.3) is 0 Å². The Balaban J connectivity index is 4.09. The third-order valence-corrected chi connectivity index (χ3v) is 1.34. The summed E-state index contributed by atoms with van der Waals surface area (Å²) in [5.41, 5.74) is 0. The van der Waals surface area contributed by atoms with E-state index in [-0.39, 0.29) is 0 Å². The smallest absolute Gasteiger partial charge is 0.194 e. The Bertz CT molecular complexity index is 147. The van der Waals surface area contributed by atoms with Crippen LogP contribution in [0.4, 0.5) is 0 Å². The van der Waals surface area contributed by atoms with Crippen molar-refractivity contribution in [3.8, 4) is 0 Å². The highest BCUT2D eigenvalue weighted by Gasteiger charge is 2.28. The first-order valence-electron chi connectivity index (χ1n) is 3.34. The van der Waals surface area contributed by atoms with Gasteiger partial charge in [0.2, 0.25) is 0 Å². The Labute approximate surface area is 68.7 Å². The number of carbonyl (C=O) groups excluding carboxylic acids is 1. The Morgan fingerprint density at radius 1 is 1.08 bits per heavy atom. The second-order valence-corrected chi connectivity index (χ2v) is 2.30. The van der Waals surface area contributed by atoms with E-state index < -0.39 is 37.3 Å². The van der Waals surface area contributed by atoms with Crippen LogP contribution in [0.1, 0.15) is 0 Å². The van der Waals surface area contributed by atoms with Crippen LogP contribution in [0.25, 0.3) is 0 Å². The molecule has 0 spiro atoms. The first kappa shape index (κ1) is 11.5. The van der Waals surface area contributed by atoms with Gasteiger partial charge in [-0.25, -0.2) is 0 Å². The molecule has 0 aromatic heterocycles. The molecule has 0 amide bonds. The van der Waals surface area contributed by atoms with Gasteiger partial charge >= 0.3 is 0 Å². The van der Waals surface area contributed by atoms with Gasteiger partial charge in [0.05, 0.1) is 13.2 Å². The summed E-state index contributed by atoms with van der Waals surface area (Å²) in [6, 6.07) is 0. The fraction of sp³-hybridized carbons (Fsp3) is 0.833. The highest BCUT2D eigenvalue weighted by Crippen LogP contribution is 1.98. The second-order valence-electron chi connectivity index (χ2n) is 2.30. The van der Waals surface area contributed by atoms with Gasteiger partial charge in [0.1, 0.15) is 18.3 Å². The van der Waals surface area contributed by atoms with E-state index in [1.807, 2.05) is 0 Å². The van der Waals surface area contributed by atoms with E-state index in [4.69, 9.17) is 25.5 Å². The number of hydrogen-bond donors (Lipinski definition) is 5. The van der Waals surface area contributed by atoms with Crippen molar-refractivity contribution in [2.75, 3.05) is 13.2 Å². The molecule has 0 aliphatic carbocycles. The lowest BCUT2D eigenvalue weighted by Gasteiger charge is -2.16. The summed E-state index contributed by atoms with van der Waals surface area (Å²) in [7, 11) is 0. The normalized spacial score (nSPS) is 18.4. The fourth-order valence-corrected chi connectivity index (χ4v) is 0.577. The van der Waals surface area contributed by atoms with Crippen molar-refractivity contribution in [1.82, 2.24) is 0 Å². The highest BCUT2D eigenvalue weighted by molar-refractivity contribution is 5.87. The van der Waals surface area contributed by atoms with Gasteiger partial charge in [-0.3, -0.25) is 4.79 Å². The van der Waals surface area contributed by atoms with Gasteiger partial charge < -0.3 is 25.5 Å². The van der Waals surface area contributed by atoms with Gasteiger partial charge in [0, 0.05) is 0 Å². The molecule has 12 heavy (non-hydrogen) atoms. The zero-order valence-corrected chi connectivity index (χ0v) is 6.29. The summed E-state index contributed by atoms with van der Waals surface area (Å²) in [5, 5.41) is 42.9. The van der Waals surface area contributed by atoms with Gasteiger partial charge in [-0.15, -0.1) is 0 Å². The Morgan fingerprint density at radius 3 is 1.92 bits per heavy atom. The number of rotatable bonds is 5. The molecule has 0 aliphatic heterocycles. The predicted molar refractivity (Wildman–Crippen MR) is 37.2 cm³/mol. The van der Waals surface area contributed by atoms with Crippen molar-refractivity contribution in [1.29, 1.82) is 0 Å². The first-order chi connectivity index (χ1) is 5.54. The number of hydrogen-bond acceptors (Lipinski definition) is 6. The van der Waals surface area contributed by atoms with Crippen LogP contribution >= 0.6 is 0 Å². The number of aliphatic hydroxyl groups is 5. The standard InChI is InChI=1S/C6H12O6/c7-1-3(9)5(11)6(12)4(10)2-8/h3-5,7-11H,1-2H2/t3?,4-,5?/m1/s1. The maximum Gasteiger partial charge on any atom is 0.194 e. The fourth-order valence-electron chi connectivity index (χ4n) is 0.577. The highest BCUT2D eigenvalue weighted by atomic mass is 16.4. The largest absolute Gasteiger partial charge is 0.394 e. The van der Waals surface area contributed by atoms with Crippen LogP contribution in [0.15, 0.2) is 0 Å². The second kappa shape index (κ2) is 5.18. The predicted octanol–water partition coefficient (Wildman–Crippen LogP) is -3.38. The molecule has 0 saturated carbocycles. The van der Waals surface area contributed by atoms with Crippen LogP contribution in [-0.2, 0) is 4.79 Å². The van der Waals surface area contributed by atoms with Gasteiger partial charge in [-0.05, 0) is 0 Å². The van der Waals surface area contributed by atoms with Crippen molar-refractivity contribution >= 4 is 5.78 Å². The zero-order valence-electron chi connectivity index (χ0n) is 6.29. The molecule has 5 N–H and O–H groups in total. The number of Topliss-reactive ketones (excluding diaryl/α,β-unsaturated/α-hetero) is 1. The minimum atomic E-state index is -1.86. The van der Waals surface area contributed by atoms with Crippen molar-refractivity contribution in [3.63, 3.8) is 0 Å². The molecule has 0 fully saturated rings. The maximum absolute atomic E-state index is 10.7. The summed E-state index contributed by atoms with van der Waals surface area (Å²) in [4.78, 5) is 10.7. The van der Waals surface area contributed by atoms with E-state index in [9.17, 15) is 4.79 Å². The van der Waals surface area contributed by atoms with Crippen molar-refractivity contribution < 1.29 is 30.3 Å². The molecule has 0 heterocycles. The lowest BCUT2D eigenvalue weighted by Crippen LogP contribution is -2.43. The molecule has 0 aromatic rings. The maximum atomic E-state index is 10.7. The number of carbonyl (C=O) groups is 1. The lowest BCUT2D eigenvalue weighted by molar-refractivity contribution is -0.144. The number of aliphatic hydroxyl groups excluding tert-OH is 5. The third-order valence-electron chi connectivity index (χ3n) is 1.34. The molecule has 72 valence electrons. The molecular formula is C6H12O6. The molecule has 0 rings (SSSR count). The summed E-state index contributed by atoms with van der Waals surface area (Å²) in [6.45, 7) is -1.61. The SMILES string of the molecule is O=C(C(O)C(O)CO)[C@H](O)CO. The van der Waals surface area contributed by atoms with Crippen LogP contribution in [0.2, 0.25) is 0 Å². The Hall–Kier alpha value is -0.530. The van der Waals surface area contributed by atoms with E-state index >= 15 is 0 Å². The minimum Gasteiger partial charge on any atom is -0.394 e. The Kier molecular flexibility index (Phi) is 4.95. The molecular weight excluding hydrogens is 168 g/mol. The summed E-state index contributed by atoms with van der Waals surface area (Å²) in [6.07, 6.45) is -5.21. The summed E-state index contributed by atoms with van der Waals surface area (Å²) in [5.74, 6) is -1.11. The van der Waals surface area contributed by atoms with E-state index in [0.717, 1.165) is 0 Å². The molecule has 6 heteroatoms. The minimum absolute atomic E-state index is 0.787. The molecule has 0 aliphatic rings. The molecule has 2 unspecified atom stereocenters. The lowest BCUT2D eigenvalue weighted by atomic mass is 10.1. The average molecular weight is 180 g/mol. The molecule has 3 atom stereocenters. The van der Waals surface area contributed by atoms with Gasteiger partial charge in [-0.2, -0.15) is 0 Å². The summed E-state index contributed by atoms with van der Waals surface area (Å²) >= 11 is 0. The van der Waals surface area contributed by atoms with E-state index in [1.54, 1.807) is 0 Å². The molecule has 0 saturated heterocycles. The van der Waals surface area contributed by atoms with Crippen molar-refractivity contribution in [3.05, 3.63) is 0 Å². The van der Waals surface area contributed by atoms with E-state index in [0.29, 0.717) is 0 Å². The van der Waals surface area contributed by atoms with Crippen LogP contribution in [0, 0.1) is 0 Å². The van der Waals surface area contributed by atoms with Crippen molar-refractivity contribution in [2.24, 2.45) is 0 Å². The topological polar surface area (TPSA) is 118 Å². The third kappa shape index (κ3) is 2.84. The van der Waals surface area contributed by atoms with Crippen LogP contribution in [0.5, 0.6) is 0 Å². The number of ketones is 1. The average Bonchev–Trinajstić information content (AvgIpc) is 2.12. The molecule has 0 aromatic carbocycles. The van der Waals surface area contributed by atoms with E-state index in [2.05, 4.69) is 0 Å². The molecule has 0 bridgehead atoms. The van der Waals surface area contributed by atoms with Crippen LogP contribution in [0.3, 0.4) is 0 Å². The molecule has 6 nitrogen and oxygen atoms in total. The molecule has 0 radical (unpaired) electrons. The van der Waals surface area contributed by atoms with Gasteiger partial charge in [0.15, 0.2) is 5.78 Å². The monoisotopic (exact) mass is 180 g/mol. The Morgan fingerprint density at radius 2 is 1.58 bits per heavy atom. The van der Waals surface area contributed by atoms with Crippen molar-refractivity contribution in [2.45, 2.75) is 18.3 Å². The van der Waals surface area contributed by atoms with E-state index in [1.165, 1.54) is 0 Å². The van der Waals surface area contributed by atoms with Crippen LogP contribution < -0.4 is 0 Å². The van der Waals surface area contributed by atoms with Crippen LogP contribution in [-0.4, -0.2) is 62.8 Å².